The van der Waals surface area contributed by atoms with Crippen LogP contribution in [0.25, 0.3) is 0 Å². The Hall–Kier alpha value is -3.13. The molecular formula is C25H26FNO5S. The SMILES string of the molecule is Cc1ccc(S(=O)(=O)N(CC(C)F)c2cc3c(cc2OCc2ccc(C=O)cc2)CCC3)o1. The van der Waals surface area contributed by atoms with Crippen LogP contribution in [-0.2, 0) is 29.5 Å². The molecule has 1 unspecified atom stereocenters. The fourth-order valence-corrected chi connectivity index (χ4v) is 5.46. The zero-order valence-electron chi connectivity index (χ0n) is 18.6. The van der Waals surface area contributed by atoms with Gasteiger partial charge in [0.05, 0.1) is 12.2 Å². The highest BCUT2D eigenvalue weighted by molar-refractivity contribution is 7.92. The van der Waals surface area contributed by atoms with E-state index < -0.39 is 16.2 Å². The van der Waals surface area contributed by atoms with Crippen LogP contribution in [0.15, 0.2) is 58.0 Å². The number of sulfonamides is 1. The molecule has 0 radical (unpaired) electrons. The third-order valence-electron chi connectivity index (χ3n) is 5.63. The van der Waals surface area contributed by atoms with Crippen molar-refractivity contribution >= 4 is 22.0 Å². The number of ether oxygens (including phenoxy) is 1. The molecule has 0 aliphatic heterocycles. The van der Waals surface area contributed by atoms with E-state index in [1.54, 1.807) is 43.3 Å². The number of rotatable bonds is 9. The number of alkyl halides is 1. The Kier molecular flexibility index (Phi) is 6.56. The van der Waals surface area contributed by atoms with Crippen molar-refractivity contribution in [3.05, 3.63) is 76.5 Å². The molecule has 0 amide bonds. The van der Waals surface area contributed by atoms with Gasteiger partial charge in [0, 0.05) is 5.56 Å². The number of furan rings is 1. The van der Waals surface area contributed by atoms with Crippen LogP contribution in [0.5, 0.6) is 5.75 Å². The molecule has 1 aromatic heterocycles. The first-order valence-corrected chi connectivity index (χ1v) is 12.3. The van der Waals surface area contributed by atoms with Gasteiger partial charge >= 0.3 is 0 Å². The van der Waals surface area contributed by atoms with Crippen molar-refractivity contribution in [1.29, 1.82) is 0 Å². The second-order valence-electron chi connectivity index (χ2n) is 8.27. The smallest absolute Gasteiger partial charge is 0.298 e. The van der Waals surface area contributed by atoms with Crippen molar-refractivity contribution in [2.24, 2.45) is 0 Å². The Morgan fingerprint density at radius 1 is 1.12 bits per heavy atom. The van der Waals surface area contributed by atoms with E-state index in [-0.39, 0.29) is 18.2 Å². The van der Waals surface area contributed by atoms with Gasteiger partial charge in [-0.05, 0) is 74.1 Å². The maximum atomic E-state index is 14.2. The predicted octanol–water partition coefficient (Wildman–Crippen LogP) is 5.02. The lowest BCUT2D eigenvalue weighted by Crippen LogP contribution is -2.35. The van der Waals surface area contributed by atoms with Gasteiger partial charge in [-0.3, -0.25) is 9.10 Å². The molecule has 0 saturated carbocycles. The zero-order valence-corrected chi connectivity index (χ0v) is 19.4. The number of anilines is 1. The van der Waals surface area contributed by atoms with Crippen molar-refractivity contribution in [2.75, 3.05) is 10.8 Å². The summed E-state index contributed by atoms with van der Waals surface area (Å²) in [6.07, 6.45) is 2.03. The third kappa shape index (κ3) is 4.95. The minimum absolute atomic E-state index is 0.170. The van der Waals surface area contributed by atoms with E-state index in [9.17, 15) is 17.6 Å². The Morgan fingerprint density at radius 3 is 2.42 bits per heavy atom. The Morgan fingerprint density at radius 2 is 1.82 bits per heavy atom. The second-order valence-corrected chi connectivity index (χ2v) is 10.1. The number of nitrogens with zero attached hydrogens (tertiary/aromatic N) is 1. The van der Waals surface area contributed by atoms with Crippen molar-refractivity contribution in [1.82, 2.24) is 0 Å². The predicted molar refractivity (Wildman–Crippen MR) is 123 cm³/mol. The highest BCUT2D eigenvalue weighted by Gasteiger charge is 2.32. The molecule has 0 N–H and O–H groups in total. The van der Waals surface area contributed by atoms with Crippen LogP contribution in [0, 0.1) is 6.92 Å². The molecule has 1 heterocycles. The van der Waals surface area contributed by atoms with Crippen LogP contribution in [-0.4, -0.2) is 27.4 Å². The molecule has 0 saturated heterocycles. The van der Waals surface area contributed by atoms with Crippen molar-refractivity contribution in [3.63, 3.8) is 0 Å². The van der Waals surface area contributed by atoms with Crippen LogP contribution < -0.4 is 9.04 Å². The molecule has 3 aromatic rings. The van der Waals surface area contributed by atoms with Gasteiger partial charge in [-0.2, -0.15) is 8.42 Å². The van der Waals surface area contributed by atoms with Gasteiger partial charge in [0.25, 0.3) is 10.0 Å². The Balaban J connectivity index is 1.74. The number of aryl methyl sites for hydroxylation is 3. The van der Waals surface area contributed by atoms with Gasteiger partial charge in [-0.25, -0.2) is 4.39 Å². The Labute approximate surface area is 193 Å². The summed E-state index contributed by atoms with van der Waals surface area (Å²) >= 11 is 0. The number of benzene rings is 2. The molecule has 8 heteroatoms. The minimum atomic E-state index is -4.15. The molecule has 0 fully saturated rings. The normalized spacial score (nSPS) is 14.0. The first-order valence-electron chi connectivity index (χ1n) is 10.8. The lowest BCUT2D eigenvalue weighted by molar-refractivity contribution is 0.112. The average molecular weight is 472 g/mol. The van der Waals surface area contributed by atoms with Gasteiger partial charge < -0.3 is 9.15 Å². The van der Waals surface area contributed by atoms with E-state index in [0.717, 1.165) is 46.5 Å². The maximum absolute atomic E-state index is 14.2. The van der Waals surface area contributed by atoms with Gasteiger partial charge in [-0.1, -0.05) is 24.3 Å². The van der Waals surface area contributed by atoms with E-state index in [2.05, 4.69) is 0 Å². The van der Waals surface area contributed by atoms with E-state index in [0.29, 0.717) is 22.8 Å². The summed E-state index contributed by atoms with van der Waals surface area (Å²) in [5, 5.41) is -0.239. The van der Waals surface area contributed by atoms with Crippen LogP contribution in [0.2, 0.25) is 0 Å². The number of aldehydes is 1. The molecule has 0 bridgehead atoms. The number of halogens is 1. The van der Waals surface area contributed by atoms with Gasteiger partial charge in [0.15, 0.2) is 0 Å². The summed E-state index contributed by atoms with van der Waals surface area (Å²) in [5.41, 5.74) is 3.81. The first kappa shape index (κ1) is 23.0. The molecule has 1 aliphatic carbocycles. The number of fused-ring (bicyclic) bond motifs is 1. The molecule has 33 heavy (non-hydrogen) atoms. The standard InChI is InChI=1S/C25H26FNO5S/c1-17(26)14-27(33(29,30)25-11-6-18(2)32-25)23-12-21-4-3-5-22(21)13-24(23)31-16-20-9-7-19(15-28)8-10-20/h6-13,15,17H,3-5,14,16H2,1-2H3. The molecule has 2 aromatic carbocycles. The molecule has 4 rings (SSSR count). The lowest BCUT2D eigenvalue weighted by atomic mass is 10.1. The van der Waals surface area contributed by atoms with Crippen LogP contribution in [0.3, 0.4) is 0 Å². The quantitative estimate of drug-likeness (QED) is 0.410. The number of hydrogen-bond donors (Lipinski definition) is 0. The van der Waals surface area contributed by atoms with Gasteiger partial charge in [0.2, 0.25) is 5.09 Å². The first-order chi connectivity index (χ1) is 15.8. The van der Waals surface area contributed by atoms with E-state index >= 15 is 0 Å². The lowest BCUT2D eigenvalue weighted by Gasteiger charge is -2.27. The molecule has 1 atom stereocenters. The monoisotopic (exact) mass is 471 g/mol. The average Bonchev–Trinajstić information content (AvgIpc) is 3.44. The number of hydrogen-bond acceptors (Lipinski definition) is 5. The summed E-state index contributed by atoms with van der Waals surface area (Å²) in [6.45, 7) is 2.77. The number of carbonyl (C=O) groups is 1. The highest BCUT2D eigenvalue weighted by Crippen LogP contribution is 2.39. The third-order valence-corrected chi connectivity index (χ3v) is 7.28. The summed E-state index contributed by atoms with van der Waals surface area (Å²) in [4.78, 5) is 10.9. The van der Waals surface area contributed by atoms with E-state index in [1.807, 2.05) is 6.07 Å². The maximum Gasteiger partial charge on any atom is 0.298 e. The largest absolute Gasteiger partial charge is 0.487 e. The summed E-state index contributed by atoms with van der Waals surface area (Å²) in [6, 6.07) is 13.5. The van der Waals surface area contributed by atoms with E-state index in [4.69, 9.17) is 9.15 Å². The highest BCUT2D eigenvalue weighted by atomic mass is 32.2. The van der Waals surface area contributed by atoms with E-state index in [1.165, 1.54) is 13.0 Å². The van der Waals surface area contributed by atoms with Crippen molar-refractivity contribution in [3.8, 4) is 5.75 Å². The van der Waals surface area contributed by atoms with Crippen LogP contribution >= 0.6 is 0 Å². The molecule has 1 aliphatic rings. The zero-order chi connectivity index (χ0) is 23.6. The summed E-state index contributed by atoms with van der Waals surface area (Å²) < 4.78 is 53.6. The van der Waals surface area contributed by atoms with Crippen molar-refractivity contribution < 1.29 is 26.8 Å². The summed E-state index contributed by atoms with van der Waals surface area (Å²) in [5.74, 6) is 0.814. The second kappa shape index (κ2) is 9.39. The topological polar surface area (TPSA) is 76.8 Å². The van der Waals surface area contributed by atoms with Crippen molar-refractivity contribution in [2.45, 2.75) is 51.0 Å². The van der Waals surface area contributed by atoms with Gasteiger partial charge in [-0.15, -0.1) is 0 Å². The molecule has 174 valence electrons. The minimum Gasteiger partial charge on any atom is -0.487 e. The Bertz CT molecular complexity index is 1250. The molecule has 0 spiro atoms. The van der Waals surface area contributed by atoms with Gasteiger partial charge in [0.1, 0.15) is 30.6 Å². The fraction of sp³-hybridized carbons (Fsp3) is 0.320. The number of carbonyl (C=O) groups excluding carboxylic acids is 1. The fourth-order valence-electron chi connectivity index (χ4n) is 3.97. The summed E-state index contributed by atoms with van der Waals surface area (Å²) in [7, 11) is -4.15. The van der Waals surface area contributed by atoms with Crippen LogP contribution in [0.1, 0.15) is 46.2 Å². The van der Waals surface area contributed by atoms with Crippen LogP contribution in [0.4, 0.5) is 10.1 Å². The molecular weight excluding hydrogens is 445 g/mol. The molecule has 6 nitrogen and oxygen atoms in total.